The van der Waals surface area contributed by atoms with Crippen molar-refractivity contribution in [2.45, 2.75) is 33.1 Å². The van der Waals surface area contributed by atoms with Crippen LogP contribution in [0.25, 0.3) is 0 Å². The molecule has 0 bridgehead atoms. The number of carbonyl (C=O) groups is 3. The van der Waals surface area contributed by atoms with E-state index in [9.17, 15) is 14.4 Å². The van der Waals surface area contributed by atoms with Crippen molar-refractivity contribution in [1.29, 1.82) is 0 Å². The van der Waals surface area contributed by atoms with Crippen LogP contribution >= 0.6 is 0 Å². The van der Waals surface area contributed by atoms with Gasteiger partial charge in [-0.1, -0.05) is 20.3 Å². The molecule has 1 unspecified atom stereocenters. The minimum Gasteiger partial charge on any atom is -0.299 e. The first-order valence-electron chi connectivity index (χ1n) is 5.62. The Hall–Kier alpha value is -1.45. The summed E-state index contributed by atoms with van der Waals surface area (Å²) in [6, 6.07) is 0. The number of amides is 2. The van der Waals surface area contributed by atoms with Crippen LogP contribution in [-0.4, -0.2) is 29.0 Å². The van der Waals surface area contributed by atoms with Gasteiger partial charge in [-0.25, -0.2) is 0 Å². The van der Waals surface area contributed by atoms with Gasteiger partial charge in [-0.2, -0.15) is 0 Å². The normalized spacial score (nSPS) is 17.0. The fourth-order valence-corrected chi connectivity index (χ4v) is 1.71. The first-order valence-corrected chi connectivity index (χ1v) is 5.62. The van der Waals surface area contributed by atoms with Gasteiger partial charge >= 0.3 is 0 Å². The monoisotopic (exact) mass is 223 g/mol. The molecule has 0 aliphatic carbocycles. The number of ketones is 1. The zero-order valence-electron chi connectivity index (χ0n) is 9.73. The Balaban J connectivity index is 2.37. The van der Waals surface area contributed by atoms with Gasteiger partial charge in [0.1, 0.15) is 5.78 Å². The van der Waals surface area contributed by atoms with Crippen LogP contribution in [-0.2, 0) is 14.4 Å². The predicted octanol–water partition coefficient (Wildman–Crippen LogP) is 1.31. The standard InChI is InChI=1S/C12H17NO3/c1-3-4-9(2)10(14)7-8-13-11(15)5-6-12(13)16/h5-6,9H,3-4,7-8H2,1-2H3. The molecule has 0 N–H and O–H groups in total. The van der Waals surface area contributed by atoms with Crippen LogP contribution in [0.15, 0.2) is 12.2 Å². The maximum absolute atomic E-state index is 11.6. The zero-order chi connectivity index (χ0) is 12.1. The molecule has 0 fully saturated rings. The fourth-order valence-electron chi connectivity index (χ4n) is 1.71. The van der Waals surface area contributed by atoms with E-state index >= 15 is 0 Å². The number of hydrogen-bond acceptors (Lipinski definition) is 3. The van der Waals surface area contributed by atoms with Crippen molar-refractivity contribution in [3.05, 3.63) is 12.2 Å². The van der Waals surface area contributed by atoms with E-state index in [0.717, 1.165) is 17.7 Å². The van der Waals surface area contributed by atoms with E-state index in [1.54, 1.807) is 0 Å². The molecule has 1 aliphatic rings. The molecule has 1 heterocycles. The van der Waals surface area contributed by atoms with Gasteiger partial charge in [0, 0.05) is 31.0 Å². The first-order chi connectivity index (χ1) is 7.56. The van der Waals surface area contributed by atoms with Crippen molar-refractivity contribution < 1.29 is 14.4 Å². The molecule has 0 aromatic heterocycles. The Labute approximate surface area is 95.3 Å². The molecular formula is C12H17NO3. The van der Waals surface area contributed by atoms with E-state index in [4.69, 9.17) is 0 Å². The number of carbonyl (C=O) groups excluding carboxylic acids is 3. The highest BCUT2D eigenvalue weighted by Gasteiger charge is 2.24. The van der Waals surface area contributed by atoms with E-state index in [-0.39, 0.29) is 36.5 Å². The highest BCUT2D eigenvalue weighted by Crippen LogP contribution is 2.11. The Bertz CT molecular complexity index is 315. The van der Waals surface area contributed by atoms with Gasteiger partial charge in [-0.3, -0.25) is 19.3 Å². The third-order valence-electron chi connectivity index (χ3n) is 2.75. The van der Waals surface area contributed by atoms with Gasteiger partial charge in [0.05, 0.1) is 0 Å². The Kier molecular flexibility index (Phi) is 4.40. The Morgan fingerprint density at radius 3 is 2.38 bits per heavy atom. The summed E-state index contributed by atoms with van der Waals surface area (Å²) in [4.78, 5) is 35.1. The zero-order valence-corrected chi connectivity index (χ0v) is 9.73. The van der Waals surface area contributed by atoms with Gasteiger partial charge in [0.15, 0.2) is 0 Å². The number of nitrogens with zero attached hydrogens (tertiary/aromatic N) is 1. The van der Waals surface area contributed by atoms with Crippen LogP contribution < -0.4 is 0 Å². The van der Waals surface area contributed by atoms with Crippen molar-refractivity contribution >= 4 is 17.6 Å². The maximum atomic E-state index is 11.6. The maximum Gasteiger partial charge on any atom is 0.253 e. The number of imide groups is 1. The molecule has 1 rings (SSSR count). The molecule has 1 aliphatic heterocycles. The summed E-state index contributed by atoms with van der Waals surface area (Å²) in [6.07, 6.45) is 4.57. The molecule has 4 heteroatoms. The average Bonchev–Trinajstić information content (AvgIpc) is 2.56. The van der Waals surface area contributed by atoms with Gasteiger partial charge in [0.25, 0.3) is 11.8 Å². The van der Waals surface area contributed by atoms with Crippen LogP contribution in [0.2, 0.25) is 0 Å². The second-order valence-electron chi connectivity index (χ2n) is 4.07. The number of hydrogen-bond donors (Lipinski definition) is 0. The lowest BCUT2D eigenvalue weighted by atomic mass is 9.99. The predicted molar refractivity (Wildman–Crippen MR) is 59.6 cm³/mol. The van der Waals surface area contributed by atoms with Crippen molar-refractivity contribution in [3.8, 4) is 0 Å². The van der Waals surface area contributed by atoms with Gasteiger partial charge < -0.3 is 0 Å². The summed E-state index contributed by atoms with van der Waals surface area (Å²) in [5, 5.41) is 0. The Morgan fingerprint density at radius 2 is 1.88 bits per heavy atom. The second-order valence-corrected chi connectivity index (χ2v) is 4.07. The average molecular weight is 223 g/mol. The Morgan fingerprint density at radius 1 is 1.31 bits per heavy atom. The van der Waals surface area contributed by atoms with Crippen molar-refractivity contribution in [2.75, 3.05) is 6.54 Å². The van der Waals surface area contributed by atoms with Gasteiger partial charge in [-0.05, 0) is 6.42 Å². The molecule has 0 aromatic rings. The molecule has 88 valence electrons. The topological polar surface area (TPSA) is 54.5 Å². The summed E-state index contributed by atoms with van der Waals surface area (Å²) in [5.41, 5.74) is 0. The largest absolute Gasteiger partial charge is 0.299 e. The third kappa shape index (κ3) is 3.02. The fraction of sp³-hybridized carbons (Fsp3) is 0.583. The van der Waals surface area contributed by atoms with Crippen LogP contribution in [0.5, 0.6) is 0 Å². The van der Waals surface area contributed by atoms with Crippen molar-refractivity contribution in [1.82, 2.24) is 4.90 Å². The molecule has 0 spiro atoms. The van der Waals surface area contributed by atoms with Gasteiger partial charge in [0.2, 0.25) is 0 Å². The molecule has 0 radical (unpaired) electrons. The second kappa shape index (κ2) is 5.58. The van der Waals surface area contributed by atoms with Crippen molar-refractivity contribution in [3.63, 3.8) is 0 Å². The SMILES string of the molecule is CCCC(C)C(=O)CCN1C(=O)C=CC1=O. The van der Waals surface area contributed by atoms with Gasteiger partial charge in [-0.15, -0.1) is 0 Å². The number of Topliss-reactive ketones (excluding diaryl/α,β-unsaturated/α-hetero) is 1. The molecule has 16 heavy (non-hydrogen) atoms. The van der Waals surface area contributed by atoms with E-state index in [1.807, 2.05) is 13.8 Å². The highest BCUT2D eigenvalue weighted by molar-refractivity contribution is 6.13. The molecule has 0 aromatic carbocycles. The first kappa shape index (κ1) is 12.6. The minimum atomic E-state index is -0.319. The lowest BCUT2D eigenvalue weighted by molar-refractivity contribution is -0.137. The van der Waals surface area contributed by atoms with E-state index in [0.29, 0.717) is 0 Å². The van der Waals surface area contributed by atoms with E-state index < -0.39 is 0 Å². The van der Waals surface area contributed by atoms with E-state index in [2.05, 4.69) is 0 Å². The highest BCUT2D eigenvalue weighted by atomic mass is 16.2. The summed E-state index contributed by atoms with van der Waals surface area (Å²) in [6.45, 7) is 4.12. The van der Waals surface area contributed by atoms with Crippen molar-refractivity contribution in [2.24, 2.45) is 5.92 Å². The van der Waals surface area contributed by atoms with Crippen LogP contribution in [0.4, 0.5) is 0 Å². The lowest BCUT2D eigenvalue weighted by Gasteiger charge is -2.14. The smallest absolute Gasteiger partial charge is 0.253 e. The minimum absolute atomic E-state index is 0.0192. The molecule has 0 saturated carbocycles. The van der Waals surface area contributed by atoms with Crippen LogP contribution in [0.3, 0.4) is 0 Å². The number of rotatable bonds is 6. The summed E-state index contributed by atoms with van der Waals surface area (Å²) >= 11 is 0. The molecule has 4 nitrogen and oxygen atoms in total. The van der Waals surface area contributed by atoms with Crippen LogP contribution in [0, 0.1) is 5.92 Å². The molecule has 2 amide bonds. The molecular weight excluding hydrogens is 206 g/mol. The summed E-state index contributed by atoms with van der Waals surface area (Å²) < 4.78 is 0. The third-order valence-corrected chi connectivity index (χ3v) is 2.75. The van der Waals surface area contributed by atoms with Crippen LogP contribution in [0.1, 0.15) is 33.1 Å². The summed E-state index contributed by atoms with van der Waals surface area (Å²) in [5.74, 6) is -0.498. The molecule has 0 saturated heterocycles. The quantitative estimate of drug-likeness (QED) is 0.638. The van der Waals surface area contributed by atoms with E-state index in [1.165, 1.54) is 12.2 Å². The molecule has 1 atom stereocenters. The lowest BCUT2D eigenvalue weighted by Crippen LogP contribution is -2.32. The summed E-state index contributed by atoms with van der Waals surface area (Å²) in [7, 11) is 0.